The second-order valence-electron chi connectivity index (χ2n) is 8.49. The number of aromatic nitrogens is 3. The molecular weight excluding hydrogens is 410 g/mol. The van der Waals surface area contributed by atoms with Crippen LogP contribution in [0.2, 0.25) is 0 Å². The van der Waals surface area contributed by atoms with Crippen molar-refractivity contribution in [3.05, 3.63) is 48.3 Å². The predicted octanol–water partition coefficient (Wildman–Crippen LogP) is 4.87. The third-order valence-corrected chi connectivity index (χ3v) is 7.21. The maximum atomic E-state index is 11.1. The molecule has 2 unspecified atom stereocenters. The van der Waals surface area contributed by atoms with Gasteiger partial charge in [-0.2, -0.15) is 0 Å². The van der Waals surface area contributed by atoms with Crippen molar-refractivity contribution in [1.82, 2.24) is 15.0 Å². The minimum atomic E-state index is -0.685. The molecule has 5 heterocycles. The average Bonchev–Trinajstić information content (AvgIpc) is 3.30. The summed E-state index contributed by atoms with van der Waals surface area (Å²) < 4.78 is 0. The molecule has 3 aromatic heterocycles. The van der Waals surface area contributed by atoms with Gasteiger partial charge >= 0.3 is 5.97 Å². The Balaban J connectivity index is 1.33. The molecule has 2 aliphatic heterocycles. The first-order valence-electron chi connectivity index (χ1n) is 10.7. The lowest BCUT2D eigenvalue weighted by Crippen LogP contribution is -2.43. The van der Waals surface area contributed by atoms with E-state index in [1.807, 2.05) is 43.5 Å². The van der Waals surface area contributed by atoms with E-state index < -0.39 is 5.97 Å². The fourth-order valence-corrected chi connectivity index (χ4v) is 5.92. The number of piperidine rings is 1. The van der Waals surface area contributed by atoms with E-state index in [1.165, 1.54) is 0 Å². The van der Waals surface area contributed by atoms with Crippen molar-refractivity contribution >= 4 is 34.1 Å². The minimum absolute atomic E-state index is 0.281. The number of aliphatic carboxylic acids is 1. The van der Waals surface area contributed by atoms with Gasteiger partial charge in [0.15, 0.2) is 5.13 Å². The number of thiazole rings is 1. The van der Waals surface area contributed by atoms with Gasteiger partial charge in [-0.3, -0.25) is 4.79 Å². The number of fused-ring (bicyclic) bond motifs is 2. The van der Waals surface area contributed by atoms with Crippen molar-refractivity contribution in [2.45, 2.75) is 51.1 Å². The number of carboxylic acid groups (broad SMARTS) is 1. The zero-order valence-corrected chi connectivity index (χ0v) is 18.2. The zero-order valence-electron chi connectivity index (χ0n) is 17.4. The van der Waals surface area contributed by atoms with Crippen LogP contribution in [0.1, 0.15) is 37.7 Å². The molecule has 2 N–H and O–H groups in total. The molecule has 2 fully saturated rings. The Kier molecular flexibility index (Phi) is 5.31. The van der Waals surface area contributed by atoms with E-state index in [4.69, 9.17) is 15.1 Å². The summed E-state index contributed by atoms with van der Waals surface area (Å²) in [6.07, 6.45) is 8.10. The van der Waals surface area contributed by atoms with Crippen LogP contribution in [-0.2, 0) is 4.79 Å². The summed E-state index contributed by atoms with van der Waals surface area (Å²) in [4.78, 5) is 28.4. The van der Waals surface area contributed by atoms with Gasteiger partial charge < -0.3 is 15.3 Å². The average molecular weight is 436 g/mol. The van der Waals surface area contributed by atoms with Crippen LogP contribution in [-0.4, -0.2) is 38.1 Å². The highest BCUT2D eigenvalue weighted by molar-refractivity contribution is 7.18. The monoisotopic (exact) mass is 435 g/mol. The summed E-state index contributed by atoms with van der Waals surface area (Å²) in [6.45, 7) is 2.03. The minimum Gasteiger partial charge on any atom is -0.481 e. The van der Waals surface area contributed by atoms with Gasteiger partial charge in [-0.05, 0) is 68.4 Å². The Morgan fingerprint density at radius 3 is 2.74 bits per heavy atom. The van der Waals surface area contributed by atoms with Crippen molar-refractivity contribution in [3.63, 3.8) is 0 Å². The topological polar surface area (TPSA) is 91.2 Å². The molecule has 0 aromatic carbocycles. The lowest BCUT2D eigenvalue weighted by Gasteiger charge is -2.38. The van der Waals surface area contributed by atoms with Crippen LogP contribution in [0.5, 0.6) is 0 Å². The molecule has 0 radical (unpaired) electrons. The molecule has 8 heteroatoms. The molecule has 0 aliphatic carbocycles. The van der Waals surface area contributed by atoms with E-state index in [0.29, 0.717) is 12.1 Å². The lowest BCUT2D eigenvalue weighted by molar-refractivity contribution is -0.138. The molecule has 2 bridgehead atoms. The van der Waals surface area contributed by atoms with Gasteiger partial charge in [0.25, 0.3) is 0 Å². The number of pyridine rings is 2. The van der Waals surface area contributed by atoms with E-state index in [1.54, 1.807) is 17.5 Å². The van der Waals surface area contributed by atoms with Crippen LogP contribution in [0.3, 0.4) is 0 Å². The molecular formula is C23H25N5O2S. The fourth-order valence-electron chi connectivity index (χ4n) is 4.90. The van der Waals surface area contributed by atoms with Gasteiger partial charge in [0.05, 0.1) is 10.6 Å². The van der Waals surface area contributed by atoms with E-state index in [9.17, 15) is 4.79 Å². The highest BCUT2D eigenvalue weighted by Gasteiger charge is 2.42. The summed E-state index contributed by atoms with van der Waals surface area (Å²) >= 11 is 1.67. The zero-order chi connectivity index (χ0) is 21.4. The molecule has 160 valence electrons. The molecule has 2 atom stereocenters. The number of anilines is 3. The molecule has 0 amide bonds. The standard InChI is InChI=1S/C23H25N5O2S/c1-14-7-8-24-21(9-14)27-20-4-2-3-18(26-20)19-13-25-23(31-19)28-16-5-6-17(28)11-15(10-16)12-22(29)30/h2-4,7-9,13,15-17H,5-6,10-12H2,1H3,(H,29,30)(H,24,26,27). The summed E-state index contributed by atoms with van der Waals surface area (Å²) in [7, 11) is 0. The SMILES string of the molecule is Cc1ccnc(Nc2cccc(-c3cnc(N4C5CCC4CC(CC(=O)O)C5)s3)n2)c1. The summed E-state index contributed by atoms with van der Waals surface area (Å²) in [5, 5.41) is 13.5. The third kappa shape index (κ3) is 4.25. The van der Waals surface area contributed by atoms with Gasteiger partial charge in [-0.25, -0.2) is 15.0 Å². The van der Waals surface area contributed by atoms with E-state index >= 15 is 0 Å². The van der Waals surface area contributed by atoms with Gasteiger partial charge in [0.2, 0.25) is 0 Å². The Bertz CT molecular complexity index is 1090. The number of hydrogen-bond acceptors (Lipinski definition) is 7. The number of aryl methyl sites for hydroxylation is 1. The molecule has 7 nitrogen and oxygen atoms in total. The number of carboxylic acids is 1. The summed E-state index contributed by atoms with van der Waals surface area (Å²) in [6, 6.07) is 10.7. The molecule has 0 spiro atoms. The maximum Gasteiger partial charge on any atom is 0.303 e. The van der Waals surface area contributed by atoms with Crippen LogP contribution >= 0.6 is 11.3 Å². The van der Waals surface area contributed by atoms with Crippen molar-refractivity contribution in [3.8, 4) is 10.6 Å². The van der Waals surface area contributed by atoms with Gasteiger partial charge in [0.1, 0.15) is 11.6 Å². The smallest absolute Gasteiger partial charge is 0.303 e. The van der Waals surface area contributed by atoms with Crippen LogP contribution in [0, 0.1) is 12.8 Å². The Morgan fingerprint density at radius 1 is 1.19 bits per heavy atom. The Morgan fingerprint density at radius 2 is 2.00 bits per heavy atom. The van der Waals surface area contributed by atoms with Gasteiger partial charge in [-0.1, -0.05) is 17.4 Å². The second-order valence-corrected chi connectivity index (χ2v) is 9.50. The van der Waals surface area contributed by atoms with Crippen molar-refractivity contribution in [2.24, 2.45) is 5.92 Å². The number of nitrogens with zero attached hydrogens (tertiary/aromatic N) is 4. The first-order valence-corrected chi connectivity index (χ1v) is 11.5. The van der Waals surface area contributed by atoms with E-state index in [-0.39, 0.29) is 12.3 Å². The fraction of sp³-hybridized carbons (Fsp3) is 0.391. The highest BCUT2D eigenvalue weighted by Crippen LogP contribution is 2.44. The molecule has 2 aliphatic rings. The van der Waals surface area contributed by atoms with Crippen molar-refractivity contribution in [2.75, 3.05) is 10.2 Å². The number of rotatable bonds is 6. The van der Waals surface area contributed by atoms with E-state index in [2.05, 4.69) is 15.2 Å². The van der Waals surface area contributed by atoms with Crippen molar-refractivity contribution < 1.29 is 9.90 Å². The number of nitrogens with one attached hydrogen (secondary N) is 1. The van der Waals surface area contributed by atoms with Crippen LogP contribution in [0.15, 0.2) is 42.7 Å². The second kappa shape index (κ2) is 8.26. The summed E-state index contributed by atoms with van der Waals surface area (Å²) in [5.41, 5.74) is 2.03. The van der Waals surface area contributed by atoms with Crippen molar-refractivity contribution in [1.29, 1.82) is 0 Å². The number of hydrogen-bond donors (Lipinski definition) is 2. The first kappa shape index (κ1) is 19.9. The number of carbonyl (C=O) groups is 1. The molecule has 3 aromatic rings. The van der Waals surface area contributed by atoms with Crippen LogP contribution < -0.4 is 10.2 Å². The van der Waals surface area contributed by atoms with Crippen LogP contribution in [0.25, 0.3) is 10.6 Å². The third-order valence-electron chi connectivity index (χ3n) is 6.18. The molecule has 0 saturated carbocycles. The predicted molar refractivity (Wildman–Crippen MR) is 122 cm³/mol. The van der Waals surface area contributed by atoms with E-state index in [0.717, 1.165) is 58.6 Å². The maximum absolute atomic E-state index is 11.1. The Labute approximate surface area is 185 Å². The first-order chi connectivity index (χ1) is 15.0. The Hall–Kier alpha value is -3.00. The quantitative estimate of drug-likeness (QED) is 0.570. The highest BCUT2D eigenvalue weighted by atomic mass is 32.1. The normalized spacial score (nSPS) is 22.5. The summed E-state index contributed by atoms with van der Waals surface area (Å²) in [5.74, 6) is 1.12. The molecule has 2 saturated heterocycles. The lowest BCUT2D eigenvalue weighted by atomic mass is 9.88. The molecule has 5 rings (SSSR count). The molecule has 31 heavy (non-hydrogen) atoms. The van der Waals surface area contributed by atoms with Gasteiger partial charge in [0, 0.05) is 30.9 Å². The largest absolute Gasteiger partial charge is 0.481 e. The van der Waals surface area contributed by atoms with Crippen LogP contribution in [0.4, 0.5) is 16.8 Å². The van der Waals surface area contributed by atoms with Gasteiger partial charge in [-0.15, -0.1) is 0 Å².